The lowest BCUT2D eigenvalue weighted by atomic mass is 10.2. The fourth-order valence-electron chi connectivity index (χ4n) is 2.21. The van der Waals surface area contributed by atoms with Crippen LogP contribution in [0.1, 0.15) is 17.0 Å². The molecule has 2 N–H and O–H groups in total. The van der Waals surface area contributed by atoms with Gasteiger partial charge in [-0.3, -0.25) is 4.79 Å². The lowest BCUT2D eigenvalue weighted by Crippen LogP contribution is -2.38. The molecule has 1 heterocycles. The molecule has 0 saturated carbocycles. The van der Waals surface area contributed by atoms with Crippen molar-refractivity contribution in [1.29, 1.82) is 0 Å². The van der Waals surface area contributed by atoms with Crippen molar-refractivity contribution in [3.8, 4) is 0 Å². The molecule has 0 aliphatic carbocycles. The van der Waals surface area contributed by atoms with Crippen LogP contribution in [0.15, 0.2) is 33.7 Å². The number of thioether (sulfide) groups is 1. The fourth-order valence-corrected chi connectivity index (χ4v) is 4.37. The molecular formula is C16H20FN3O4S2. The van der Waals surface area contributed by atoms with Crippen LogP contribution in [0.2, 0.25) is 0 Å². The number of carbonyl (C=O) groups excluding carboxylic acids is 1. The average molecular weight is 401 g/mol. The van der Waals surface area contributed by atoms with Crippen molar-refractivity contribution in [2.24, 2.45) is 0 Å². The standard InChI is InChI=1S/C16H20FN3O4S2/c1-11-16(12(2)24-20-11)26(22,23)19-9-15(21)18-7-8-25-10-13-5-3-4-6-14(13)17/h3-6,19H,7-10H2,1-2H3,(H,18,21). The first-order valence-electron chi connectivity index (χ1n) is 7.81. The van der Waals surface area contributed by atoms with Crippen LogP contribution in [0, 0.1) is 19.7 Å². The molecule has 1 aromatic heterocycles. The molecule has 0 fully saturated rings. The maximum atomic E-state index is 13.5. The van der Waals surface area contributed by atoms with Crippen molar-refractivity contribution in [3.05, 3.63) is 47.1 Å². The quantitative estimate of drug-likeness (QED) is 0.621. The Morgan fingerprint density at radius 3 is 2.69 bits per heavy atom. The summed E-state index contributed by atoms with van der Waals surface area (Å²) in [6.07, 6.45) is 0. The van der Waals surface area contributed by atoms with Gasteiger partial charge in [-0.25, -0.2) is 17.5 Å². The monoisotopic (exact) mass is 401 g/mol. The lowest BCUT2D eigenvalue weighted by molar-refractivity contribution is -0.119. The van der Waals surface area contributed by atoms with E-state index in [4.69, 9.17) is 4.52 Å². The lowest BCUT2D eigenvalue weighted by Gasteiger charge is -2.08. The number of aryl methyl sites for hydroxylation is 2. The molecule has 1 amide bonds. The number of nitrogens with one attached hydrogen (secondary N) is 2. The van der Waals surface area contributed by atoms with E-state index in [9.17, 15) is 17.6 Å². The van der Waals surface area contributed by atoms with Crippen LogP contribution in [0.5, 0.6) is 0 Å². The molecule has 0 atom stereocenters. The fraction of sp³-hybridized carbons (Fsp3) is 0.375. The van der Waals surface area contributed by atoms with Gasteiger partial charge in [0.15, 0.2) is 5.76 Å². The zero-order valence-electron chi connectivity index (χ0n) is 14.4. The Balaban J connectivity index is 1.70. The Morgan fingerprint density at radius 2 is 2.04 bits per heavy atom. The van der Waals surface area contributed by atoms with Crippen LogP contribution in [-0.2, 0) is 20.6 Å². The second-order valence-electron chi connectivity index (χ2n) is 5.47. The number of benzene rings is 1. The van der Waals surface area contributed by atoms with Gasteiger partial charge in [-0.15, -0.1) is 0 Å². The maximum Gasteiger partial charge on any atom is 0.246 e. The number of aromatic nitrogens is 1. The Morgan fingerprint density at radius 1 is 1.31 bits per heavy atom. The average Bonchev–Trinajstić information content (AvgIpc) is 2.94. The van der Waals surface area contributed by atoms with Crippen LogP contribution < -0.4 is 10.0 Å². The first kappa shape index (κ1) is 20.4. The number of rotatable bonds is 9. The summed E-state index contributed by atoms with van der Waals surface area (Å²) in [7, 11) is -3.86. The molecule has 1 aromatic carbocycles. The summed E-state index contributed by atoms with van der Waals surface area (Å²) in [6.45, 7) is 2.97. The summed E-state index contributed by atoms with van der Waals surface area (Å²) in [4.78, 5) is 11.7. The van der Waals surface area contributed by atoms with Crippen LogP contribution in [-0.4, -0.2) is 38.3 Å². The predicted molar refractivity (Wildman–Crippen MR) is 96.7 cm³/mol. The Hall–Kier alpha value is -1.91. The second-order valence-corrected chi connectivity index (χ2v) is 8.28. The molecule has 0 saturated heterocycles. The van der Waals surface area contributed by atoms with Crippen LogP contribution in [0.3, 0.4) is 0 Å². The van der Waals surface area contributed by atoms with Gasteiger partial charge in [-0.05, 0) is 25.5 Å². The molecule has 7 nitrogen and oxygen atoms in total. The van der Waals surface area contributed by atoms with Crippen molar-refractivity contribution in [2.45, 2.75) is 24.5 Å². The summed E-state index contributed by atoms with van der Waals surface area (Å²) in [6, 6.07) is 6.52. The van der Waals surface area contributed by atoms with Gasteiger partial charge in [0, 0.05) is 18.1 Å². The predicted octanol–water partition coefficient (Wildman–Crippen LogP) is 1.76. The highest BCUT2D eigenvalue weighted by Crippen LogP contribution is 2.18. The highest BCUT2D eigenvalue weighted by atomic mass is 32.2. The molecule has 2 rings (SSSR count). The van der Waals surface area contributed by atoms with Crippen LogP contribution in [0.4, 0.5) is 4.39 Å². The molecule has 0 aliphatic heterocycles. The second kappa shape index (κ2) is 9.15. The van der Waals surface area contributed by atoms with Crippen molar-refractivity contribution in [2.75, 3.05) is 18.8 Å². The smallest absolute Gasteiger partial charge is 0.246 e. The zero-order valence-corrected chi connectivity index (χ0v) is 16.0. The number of halogens is 1. The van der Waals surface area contributed by atoms with Gasteiger partial charge in [0.2, 0.25) is 15.9 Å². The molecule has 0 unspecified atom stereocenters. The van der Waals surface area contributed by atoms with Gasteiger partial charge >= 0.3 is 0 Å². The highest BCUT2D eigenvalue weighted by molar-refractivity contribution is 7.98. The van der Waals surface area contributed by atoms with E-state index in [2.05, 4.69) is 15.2 Å². The normalized spacial score (nSPS) is 11.5. The van der Waals surface area contributed by atoms with E-state index in [1.807, 2.05) is 0 Å². The van der Waals surface area contributed by atoms with Crippen molar-refractivity contribution >= 4 is 27.7 Å². The minimum atomic E-state index is -3.86. The molecule has 0 bridgehead atoms. The van der Waals surface area contributed by atoms with Gasteiger partial charge in [0.1, 0.15) is 16.4 Å². The molecule has 10 heteroatoms. The van der Waals surface area contributed by atoms with E-state index in [0.29, 0.717) is 23.6 Å². The minimum Gasteiger partial charge on any atom is -0.360 e. The van der Waals surface area contributed by atoms with E-state index in [-0.39, 0.29) is 28.7 Å². The van der Waals surface area contributed by atoms with Gasteiger partial charge in [-0.2, -0.15) is 11.8 Å². The molecule has 0 radical (unpaired) electrons. The summed E-state index contributed by atoms with van der Waals surface area (Å²) in [5.74, 6) is 0.544. The van der Waals surface area contributed by atoms with Crippen LogP contribution >= 0.6 is 11.8 Å². The first-order chi connectivity index (χ1) is 12.3. The minimum absolute atomic E-state index is 0.0502. The van der Waals surface area contributed by atoms with Gasteiger partial charge in [-0.1, -0.05) is 23.4 Å². The maximum absolute atomic E-state index is 13.5. The molecule has 2 aromatic rings. The van der Waals surface area contributed by atoms with Crippen molar-refractivity contribution < 1.29 is 22.1 Å². The van der Waals surface area contributed by atoms with Gasteiger partial charge < -0.3 is 9.84 Å². The molecule has 0 spiro atoms. The third kappa shape index (κ3) is 5.55. The topological polar surface area (TPSA) is 101 Å². The largest absolute Gasteiger partial charge is 0.360 e. The Kier molecular flexibility index (Phi) is 7.18. The molecule has 142 valence electrons. The van der Waals surface area contributed by atoms with E-state index < -0.39 is 15.9 Å². The Labute approximate surface area is 155 Å². The number of hydrogen-bond donors (Lipinski definition) is 2. The van der Waals surface area contributed by atoms with Crippen LogP contribution in [0.25, 0.3) is 0 Å². The Bertz CT molecular complexity index is 849. The molecular weight excluding hydrogens is 381 g/mol. The summed E-state index contributed by atoms with van der Waals surface area (Å²) >= 11 is 1.47. The zero-order chi connectivity index (χ0) is 19.2. The van der Waals surface area contributed by atoms with Gasteiger partial charge in [0.25, 0.3) is 0 Å². The number of hydrogen-bond acceptors (Lipinski definition) is 6. The van der Waals surface area contributed by atoms with E-state index in [1.165, 1.54) is 31.7 Å². The number of nitrogens with zero attached hydrogens (tertiary/aromatic N) is 1. The van der Waals surface area contributed by atoms with Crippen molar-refractivity contribution in [1.82, 2.24) is 15.2 Å². The number of carbonyl (C=O) groups is 1. The highest BCUT2D eigenvalue weighted by Gasteiger charge is 2.24. The SMILES string of the molecule is Cc1noc(C)c1S(=O)(=O)NCC(=O)NCCSCc1ccccc1F. The molecule has 0 aliphatic rings. The van der Waals surface area contributed by atoms with E-state index in [0.717, 1.165) is 0 Å². The first-order valence-corrected chi connectivity index (χ1v) is 10.5. The van der Waals surface area contributed by atoms with Crippen molar-refractivity contribution in [3.63, 3.8) is 0 Å². The third-order valence-corrected chi connectivity index (χ3v) is 6.10. The summed E-state index contributed by atoms with van der Waals surface area (Å²) in [5.41, 5.74) is 0.844. The van der Waals surface area contributed by atoms with E-state index in [1.54, 1.807) is 18.2 Å². The number of amides is 1. The summed E-state index contributed by atoms with van der Waals surface area (Å²) in [5, 5.41) is 6.20. The third-order valence-electron chi connectivity index (χ3n) is 3.44. The van der Waals surface area contributed by atoms with E-state index >= 15 is 0 Å². The molecule has 26 heavy (non-hydrogen) atoms. The summed E-state index contributed by atoms with van der Waals surface area (Å²) < 4.78 is 44.8. The number of sulfonamides is 1. The van der Waals surface area contributed by atoms with Gasteiger partial charge in [0.05, 0.1) is 6.54 Å².